The van der Waals surface area contributed by atoms with Gasteiger partial charge in [0.15, 0.2) is 0 Å². The molecule has 0 aliphatic carbocycles. The molecule has 0 fully saturated rings. The summed E-state index contributed by atoms with van der Waals surface area (Å²) in [6.07, 6.45) is 6.90. The standard InChI is InChI=1S/C22H23N3O2S/c1-16(19-5-4-12-23-13-19)25(3)22(26)11-8-18-6-9-21(10-7-18)27-14-20-15-28-17(2)24-20/h4-13,15-16H,14H2,1-3H3/b11-8+. The third kappa shape index (κ3) is 5.27. The summed E-state index contributed by atoms with van der Waals surface area (Å²) in [7, 11) is 1.79. The molecule has 6 heteroatoms. The van der Waals surface area contributed by atoms with Crippen molar-refractivity contribution in [3.63, 3.8) is 0 Å². The summed E-state index contributed by atoms with van der Waals surface area (Å²) in [6, 6.07) is 11.4. The monoisotopic (exact) mass is 393 g/mol. The highest BCUT2D eigenvalue weighted by molar-refractivity contribution is 7.09. The Balaban J connectivity index is 1.55. The van der Waals surface area contributed by atoms with E-state index in [0.717, 1.165) is 27.6 Å². The first-order valence-electron chi connectivity index (χ1n) is 9.01. The smallest absolute Gasteiger partial charge is 0.246 e. The van der Waals surface area contributed by atoms with Gasteiger partial charge in [0, 0.05) is 30.9 Å². The van der Waals surface area contributed by atoms with Gasteiger partial charge >= 0.3 is 0 Å². The van der Waals surface area contributed by atoms with E-state index in [1.54, 1.807) is 41.8 Å². The molecule has 1 aromatic carbocycles. The van der Waals surface area contributed by atoms with Crippen LogP contribution in [0.5, 0.6) is 5.75 Å². The second-order valence-electron chi connectivity index (χ2n) is 6.46. The van der Waals surface area contributed by atoms with E-state index in [2.05, 4.69) is 9.97 Å². The van der Waals surface area contributed by atoms with Gasteiger partial charge in [0.2, 0.25) is 5.91 Å². The number of benzene rings is 1. The summed E-state index contributed by atoms with van der Waals surface area (Å²) < 4.78 is 5.74. The Bertz CT molecular complexity index is 936. The van der Waals surface area contributed by atoms with Crippen LogP contribution in [0.4, 0.5) is 0 Å². The van der Waals surface area contributed by atoms with Crippen LogP contribution in [0.3, 0.4) is 0 Å². The summed E-state index contributed by atoms with van der Waals surface area (Å²) in [4.78, 5) is 22.6. The maximum Gasteiger partial charge on any atom is 0.246 e. The molecule has 28 heavy (non-hydrogen) atoms. The molecule has 0 saturated heterocycles. The number of pyridine rings is 1. The van der Waals surface area contributed by atoms with Crippen molar-refractivity contribution in [1.29, 1.82) is 0 Å². The van der Waals surface area contributed by atoms with Crippen molar-refractivity contribution in [2.24, 2.45) is 0 Å². The average molecular weight is 394 g/mol. The Morgan fingerprint density at radius 2 is 2.07 bits per heavy atom. The van der Waals surface area contributed by atoms with Crippen molar-refractivity contribution in [2.75, 3.05) is 7.05 Å². The van der Waals surface area contributed by atoms with E-state index >= 15 is 0 Å². The summed E-state index contributed by atoms with van der Waals surface area (Å²) >= 11 is 1.61. The minimum absolute atomic E-state index is 0.0454. The van der Waals surface area contributed by atoms with Crippen molar-refractivity contribution in [1.82, 2.24) is 14.9 Å². The van der Waals surface area contributed by atoms with Gasteiger partial charge in [-0.15, -0.1) is 11.3 Å². The summed E-state index contributed by atoms with van der Waals surface area (Å²) in [5.74, 6) is 0.715. The second kappa shape index (κ2) is 9.28. The fourth-order valence-corrected chi connectivity index (χ4v) is 3.23. The second-order valence-corrected chi connectivity index (χ2v) is 7.52. The number of hydrogen-bond acceptors (Lipinski definition) is 5. The van der Waals surface area contributed by atoms with Crippen LogP contribution in [-0.4, -0.2) is 27.8 Å². The fraction of sp³-hybridized carbons (Fsp3) is 0.227. The molecule has 1 unspecified atom stereocenters. The Morgan fingerprint density at radius 3 is 2.71 bits per heavy atom. The van der Waals surface area contributed by atoms with Gasteiger partial charge in [-0.3, -0.25) is 9.78 Å². The molecule has 2 aromatic heterocycles. The molecule has 0 spiro atoms. The lowest BCUT2D eigenvalue weighted by molar-refractivity contribution is -0.126. The highest BCUT2D eigenvalue weighted by Gasteiger charge is 2.15. The van der Waals surface area contributed by atoms with Gasteiger partial charge in [-0.05, 0) is 49.2 Å². The van der Waals surface area contributed by atoms with Crippen LogP contribution in [0.1, 0.15) is 34.8 Å². The number of aryl methyl sites for hydroxylation is 1. The van der Waals surface area contributed by atoms with Crippen LogP contribution in [0.15, 0.2) is 60.2 Å². The molecular weight excluding hydrogens is 370 g/mol. The van der Waals surface area contributed by atoms with Crippen LogP contribution in [0, 0.1) is 6.92 Å². The number of amides is 1. The van der Waals surface area contributed by atoms with Gasteiger partial charge in [-0.25, -0.2) is 4.98 Å². The molecule has 2 heterocycles. The van der Waals surface area contributed by atoms with Crippen molar-refractivity contribution < 1.29 is 9.53 Å². The van der Waals surface area contributed by atoms with E-state index < -0.39 is 0 Å². The molecule has 5 nitrogen and oxygen atoms in total. The molecule has 3 rings (SSSR count). The van der Waals surface area contributed by atoms with Gasteiger partial charge in [-0.2, -0.15) is 0 Å². The summed E-state index contributed by atoms with van der Waals surface area (Å²) in [5.41, 5.74) is 2.87. The molecule has 0 aliphatic rings. The maximum atomic E-state index is 12.4. The number of likely N-dealkylation sites (N-methyl/N-ethyl adjacent to an activating group) is 1. The van der Waals surface area contributed by atoms with Gasteiger partial charge in [0.05, 0.1) is 16.7 Å². The Labute approximate surface area is 169 Å². The molecule has 3 aromatic rings. The lowest BCUT2D eigenvalue weighted by Gasteiger charge is -2.23. The summed E-state index contributed by atoms with van der Waals surface area (Å²) in [5, 5.41) is 3.03. The van der Waals surface area contributed by atoms with Crippen LogP contribution >= 0.6 is 11.3 Å². The van der Waals surface area contributed by atoms with E-state index in [1.807, 2.05) is 61.7 Å². The number of hydrogen-bond donors (Lipinski definition) is 0. The quantitative estimate of drug-likeness (QED) is 0.548. The van der Waals surface area contributed by atoms with Gasteiger partial charge in [0.1, 0.15) is 12.4 Å². The molecule has 0 N–H and O–H groups in total. The molecule has 1 atom stereocenters. The predicted molar refractivity (Wildman–Crippen MR) is 112 cm³/mol. The van der Waals surface area contributed by atoms with E-state index in [-0.39, 0.29) is 11.9 Å². The van der Waals surface area contributed by atoms with E-state index in [0.29, 0.717) is 6.61 Å². The van der Waals surface area contributed by atoms with Crippen LogP contribution < -0.4 is 4.74 Å². The Hall–Kier alpha value is -2.99. The van der Waals surface area contributed by atoms with Gasteiger partial charge in [-0.1, -0.05) is 18.2 Å². The first kappa shape index (κ1) is 19.8. The van der Waals surface area contributed by atoms with E-state index in [4.69, 9.17) is 4.74 Å². The minimum Gasteiger partial charge on any atom is -0.487 e. The van der Waals surface area contributed by atoms with Crippen molar-refractivity contribution in [3.8, 4) is 5.75 Å². The van der Waals surface area contributed by atoms with Gasteiger partial charge < -0.3 is 9.64 Å². The highest BCUT2D eigenvalue weighted by atomic mass is 32.1. The molecular formula is C22H23N3O2S. The third-order valence-electron chi connectivity index (χ3n) is 4.45. The first-order valence-corrected chi connectivity index (χ1v) is 9.89. The predicted octanol–water partition coefficient (Wildman–Crippen LogP) is 4.66. The number of rotatable bonds is 7. The zero-order valence-electron chi connectivity index (χ0n) is 16.2. The third-order valence-corrected chi connectivity index (χ3v) is 5.27. The average Bonchev–Trinajstić information content (AvgIpc) is 3.16. The Morgan fingerprint density at radius 1 is 1.29 bits per heavy atom. The zero-order valence-corrected chi connectivity index (χ0v) is 17.0. The highest BCUT2D eigenvalue weighted by Crippen LogP contribution is 2.19. The van der Waals surface area contributed by atoms with E-state index in [9.17, 15) is 4.79 Å². The SMILES string of the molecule is Cc1nc(COc2ccc(/C=C/C(=O)N(C)C(C)c3cccnc3)cc2)cs1. The zero-order chi connectivity index (χ0) is 19.9. The summed E-state index contributed by atoms with van der Waals surface area (Å²) in [6.45, 7) is 4.42. The van der Waals surface area contributed by atoms with Crippen molar-refractivity contribution in [3.05, 3.63) is 82.1 Å². The lowest BCUT2D eigenvalue weighted by Crippen LogP contribution is -2.28. The maximum absolute atomic E-state index is 12.4. The van der Waals surface area contributed by atoms with Gasteiger partial charge in [0.25, 0.3) is 0 Å². The molecule has 0 aliphatic heterocycles. The molecule has 144 valence electrons. The first-order chi connectivity index (χ1) is 13.5. The molecule has 1 amide bonds. The van der Waals surface area contributed by atoms with Crippen molar-refractivity contribution in [2.45, 2.75) is 26.5 Å². The van der Waals surface area contributed by atoms with Crippen LogP contribution in [0.2, 0.25) is 0 Å². The van der Waals surface area contributed by atoms with E-state index in [1.165, 1.54) is 0 Å². The molecule has 0 bridgehead atoms. The normalized spacial score (nSPS) is 12.1. The fourth-order valence-electron chi connectivity index (χ4n) is 2.63. The molecule has 0 saturated carbocycles. The van der Waals surface area contributed by atoms with Crippen LogP contribution in [0.25, 0.3) is 6.08 Å². The number of carbonyl (C=O) groups excluding carboxylic acids is 1. The number of carbonyl (C=O) groups is 1. The Kier molecular flexibility index (Phi) is 6.55. The molecule has 0 radical (unpaired) electrons. The van der Waals surface area contributed by atoms with Crippen molar-refractivity contribution >= 4 is 23.3 Å². The minimum atomic E-state index is -0.0596. The lowest BCUT2D eigenvalue weighted by atomic mass is 10.1. The number of nitrogens with zero attached hydrogens (tertiary/aromatic N) is 3. The largest absolute Gasteiger partial charge is 0.487 e. The topological polar surface area (TPSA) is 55.3 Å². The number of thiazole rings is 1. The number of ether oxygens (including phenoxy) is 1. The van der Waals surface area contributed by atoms with Crippen LogP contribution in [-0.2, 0) is 11.4 Å². The number of aromatic nitrogens is 2.